The van der Waals surface area contributed by atoms with Crippen LogP contribution in [0.15, 0.2) is 156 Å². The van der Waals surface area contributed by atoms with E-state index >= 15 is 0 Å². The van der Waals surface area contributed by atoms with Crippen LogP contribution < -0.4 is 0 Å². The van der Waals surface area contributed by atoms with Gasteiger partial charge in [-0.25, -0.2) is 4.98 Å². The summed E-state index contributed by atoms with van der Waals surface area (Å²) in [4.78, 5) is 15.8. The molecule has 0 amide bonds. The molecule has 248 valence electrons. The highest BCUT2D eigenvalue weighted by Gasteiger charge is 2.23. The molecule has 4 heterocycles. The van der Waals surface area contributed by atoms with Crippen LogP contribution in [0.25, 0.3) is 94.1 Å². The first-order chi connectivity index (χ1) is 25.7. The number of nitrogens with zero attached hydrogens (tertiary/aromatic N) is 5. The fourth-order valence-corrected chi connectivity index (χ4v) is 7.78. The predicted molar refractivity (Wildman–Crippen MR) is 214 cm³/mol. The van der Waals surface area contributed by atoms with E-state index in [9.17, 15) is 0 Å². The first-order valence-electron chi connectivity index (χ1n) is 17.7. The Labute approximate surface area is 299 Å². The van der Waals surface area contributed by atoms with E-state index in [0.717, 1.165) is 78.0 Å². The van der Waals surface area contributed by atoms with Gasteiger partial charge < -0.3 is 8.98 Å². The standard InChI is InChI=1S/C46H33N5O/c1-3-14-29(15-4-2)44-47-45(30-24-27-41-37(28-30)34-20-10-13-23-40(34)52-41)49-46(48-44)51-39-22-12-9-19-33(39)36-26-25-35-32-18-8-11-21-38(32)50(42(35)43(36)51)31-16-6-5-7-17-31/h3,5-28H,4H2,1-2H3/b14-3-,29-15+. The molecule has 52 heavy (non-hydrogen) atoms. The SMILES string of the molecule is C/C=C\C(=C/CC)c1nc(-c2ccc3oc4ccccc4c3c2)nc(-n2c3ccccc3c3ccc4c5ccccc5n(-c5ccccc5)c4c32)n1. The summed E-state index contributed by atoms with van der Waals surface area (Å²) < 4.78 is 10.8. The fourth-order valence-electron chi connectivity index (χ4n) is 7.78. The maximum atomic E-state index is 6.18. The summed E-state index contributed by atoms with van der Waals surface area (Å²) in [6, 6.07) is 46.7. The minimum atomic E-state index is 0.562. The average Bonchev–Trinajstić information content (AvgIpc) is 3.85. The third kappa shape index (κ3) is 4.54. The van der Waals surface area contributed by atoms with Crippen LogP contribution in [0.2, 0.25) is 0 Å². The van der Waals surface area contributed by atoms with Gasteiger partial charge in [0.2, 0.25) is 5.95 Å². The Kier molecular flexibility index (Phi) is 6.89. The van der Waals surface area contributed by atoms with E-state index in [2.05, 4.69) is 131 Å². The lowest BCUT2D eigenvalue weighted by Crippen LogP contribution is -2.08. The van der Waals surface area contributed by atoms with E-state index in [1.165, 1.54) is 10.8 Å². The van der Waals surface area contributed by atoms with Gasteiger partial charge in [0, 0.05) is 49.1 Å². The zero-order chi connectivity index (χ0) is 34.8. The molecule has 0 aliphatic carbocycles. The topological polar surface area (TPSA) is 61.7 Å². The van der Waals surface area contributed by atoms with Crippen molar-refractivity contribution in [1.82, 2.24) is 24.1 Å². The number of allylic oxidation sites excluding steroid dienone is 4. The monoisotopic (exact) mass is 671 g/mol. The van der Waals surface area contributed by atoms with E-state index in [4.69, 9.17) is 19.4 Å². The Morgan fingerprint density at radius 1 is 0.596 bits per heavy atom. The van der Waals surface area contributed by atoms with Gasteiger partial charge in [-0.2, -0.15) is 9.97 Å². The van der Waals surface area contributed by atoms with Gasteiger partial charge in [-0.05, 0) is 61.9 Å². The molecule has 0 N–H and O–H groups in total. The third-order valence-electron chi connectivity index (χ3n) is 9.97. The lowest BCUT2D eigenvalue weighted by Gasteiger charge is -2.13. The van der Waals surface area contributed by atoms with Crippen LogP contribution in [0.1, 0.15) is 26.1 Å². The van der Waals surface area contributed by atoms with Gasteiger partial charge >= 0.3 is 0 Å². The lowest BCUT2D eigenvalue weighted by atomic mass is 10.1. The predicted octanol–water partition coefficient (Wildman–Crippen LogP) is 12.0. The van der Waals surface area contributed by atoms with Crippen LogP contribution in [0.5, 0.6) is 0 Å². The average molecular weight is 672 g/mol. The third-order valence-corrected chi connectivity index (χ3v) is 9.97. The zero-order valence-corrected chi connectivity index (χ0v) is 28.8. The van der Waals surface area contributed by atoms with Crippen molar-refractivity contribution in [1.29, 1.82) is 0 Å². The molecule has 0 bridgehead atoms. The molecule has 0 saturated heterocycles. The number of fused-ring (bicyclic) bond motifs is 10. The van der Waals surface area contributed by atoms with Gasteiger partial charge in [0.1, 0.15) is 11.2 Å². The number of furan rings is 1. The summed E-state index contributed by atoms with van der Waals surface area (Å²) in [7, 11) is 0. The Morgan fingerprint density at radius 2 is 1.23 bits per heavy atom. The molecule has 6 aromatic carbocycles. The van der Waals surface area contributed by atoms with Crippen molar-refractivity contribution in [2.24, 2.45) is 0 Å². The van der Waals surface area contributed by atoms with Crippen molar-refractivity contribution in [2.75, 3.05) is 0 Å². The molecule has 6 heteroatoms. The molecule has 0 radical (unpaired) electrons. The van der Waals surface area contributed by atoms with Crippen molar-refractivity contribution in [2.45, 2.75) is 20.3 Å². The van der Waals surface area contributed by atoms with E-state index < -0.39 is 0 Å². The number of para-hydroxylation sites is 4. The zero-order valence-electron chi connectivity index (χ0n) is 28.8. The molecule has 0 fully saturated rings. The Balaban J connectivity index is 1.35. The molecule has 0 aliphatic rings. The summed E-state index contributed by atoms with van der Waals surface area (Å²) in [6.45, 7) is 4.16. The van der Waals surface area contributed by atoms with Crippen LogP contribution in [0.3, 0.4) is 0 Å². The number of hydrogen-bond donors (Lipinski definition) is 0. The molecule has 6 nitrogen and oxygen atoms in total. The molecule has 0 spiro atoms. The van der Waals surface area contributed by atoms with Crippen LogP contribution in [-0.4, -0.2) is 24.1 Å². The number of hydrogen-bond acceptors (Lipinski definition) is 4. The summed E-state index contributed by atoms with van der Waals surface area (Å²) in [5.74, 6) is 1.78. The van der Waals surface area contributed by atoms with E-state index in [1.54, 1.807) is 0 Å². The highest BCUT2D eigenvalue weighted by Crippen LogP contribution is 2.41. The van der Waals surface area contributed by atoms with Crippen molar-refractivity contribution >= 4 is 71.1 Å². The Morgan fingerprint density at radius 3 is 1.96 bits per heavy atom. The van der Waals surface area contributed by atoms with Crippen LogP contribution in [-0.2, 0) is 0 Å². The second kappa shape index (κ2) is 11.9. The van der Waals surface area contributed by atoms with Crippen LogP contribution >= 0.6 is 0 Å². The molecule has 0 unspecified atom stereocenters. The molecule has 0 saturated carbocycles. The first kappa shape index (κ1) is 30.1. The summed E-state index contributed by atoms with van der Waals surface area (Å²) in [5, 5.41) is 6.72. The Hall–Kier alpha value is -6.79. The highest BCUT2D eigenvalue weighted by molar-refractivity contribution is 6.23. The molecule has 10 aromatic rings. The largest absolute Gasteiger partial charge is 0.456 e. The highest BCUT2D eigenvalue weighted by atomic mass is 16.3. The van der Waals surface area contributed by atoms with Gasteiger partial charge in [0.15, 0.2) is 11.6 Å². The van der Waals surface area contributed by atoms with Crippen molar-refractivity contribution in [3.05, 3.63) is 158 Å². The molecule has 0 atom stereocenters. The van der Waals surface area contributed by atoms with Crippen molar-refractivity contribution in [3.8, 4) is 23.0 Å². The van der Waals surface area contributed by atoms with Gasteiger partial charge in [0.05, 0.1) is 22.1 Å². The lowest BCUT2D eigenvalue weighted by molar-refractivity contribution is 0.669. The molecule has 10 rings (SSSR count). The number of rotatable bonds is 6. The minimum Gasteiger partial charge on any atom is -0.456 e. The normalized spacial score (nSPS) is 12.5. The van der Waals surface area contributed by atoms with Crippen molar-refractivity contribution in [3.63, 3.8) is 0 Å². The van der Waals surface area contributed by atoms with Crippen molar-refractivity contribution < 1.29 is 4.42 Å². The van der Waals surface area contributed by atoms with Crippen LogP contribution in [0.4, 0.5) is 0 Å². The summed E-state index contributed by atoms with van der Waals surface area (Å²) in [5.41, 5.74) is 8.96. The molecule has 4 aromatic heterocycles. The molecule has 0 aliphatic heterocycles. The van der Waals surface area contributed by atoms with E-state index in [-0.39, 0.29) is 0 Å². The summed E-state index contributed by atoms with van der Waals surface area (Å²) in [6.07, 6.45) is 7.14. The number of aromatic nitrogens is 5. The van der Waals surface area contributed by atoms with Crippen LogP contribution in [0, 0.1) is 0 Å². The van der Waals surface area contributed by atoms with E-state index in [0.29, 0.717) is 17.6 Å². The Bertz CT molecular complexity index is 3070. The minimum absolute atomic E-state index is 0.562. The van der Waals surface area contributed by atoms with E-state index in [1.807, 2.05) is 43.3 Å². The maximum Gasteiger partial charge on any atom is 0.238 e. The second-order valence-electron chi connectivity index (χ2n) is 13.1. The van der Waals surface area contributed by atoms with Gasteiger partial charge in [-0.3, -0.25) is 4.57 Å². The fraction of sp³-hybridized carbons (Fsp3) is 0.0652. The number of benzene rings is 6. The quantitative estimate of drug-likeness (QED) is 0.165. The smallest absolute Gasteiger partial charge is 0.238 e. The van der Waals surface area contributed by atoms with Gasteiger partial charge in [0.25, 0.3) is 0 Å². The van der Waals surface area contributed by atoms with Gasteiger partial charge in [-0.15, -0.1) is 0 Å². The summed E-state index contributed by atoms with van der Waals surface area (Å²) >= 11 is 0. The van der Waals surface area contributed by atoms with Gasteiger partial charge in [-0.1, -0.05) is 110 Å². The first-order valence-corrected chi connectivity index (χ1v) is 17.7. The second-order valence-corrected chi connectivity index (χ2v) is 13.1. The molecular formula is C46H33N5O. The molecular weight excluding hydrogens is 639 g/mol. The maximum absolute atomic E-state index is 6.18.